The quantitative estimate of drug-likeness (QED) is 0.487. The zero-order valence-electron chi connectivity index (χ0n) is 10.2. The summed E-state index contributed by atoms with van der Waals surface area (Å²) in [5.74, 6) is -0.176. The van der Waals surface area contributed by atoms with Crippen LogP contribution >= 0.6 is 11.8 Å². The molecule has 1 rings (SSSR count). The fourth-order valence-electron chi connectivity index (χ4n) is 1.18. The summed E-state index contributed by atoms with van der Waals surface area (Å²) in [6.45, 7) is 3.97. The molecule has 0 fully saturated rings. The second-order valence-electron chi connectivity index (χ2n) is 3.33. The Kier molecular flexibility index (Phi) is 5.39. The number of ether oxygens (including phenoxy) is 1. The van der Waals surface area contributed by atoms with Gasteiger partial charge in [-0.3, -0.25) is 4.79 Å². The molecule has 1 atom stereocenters. The van der Waals surface area contributed by atoms with Gasteiger partial charge in [-0.1, -0.05) is 18.7 Å². The van der Waals surface area contributed by atoms with E-state index in [-0.39, 0.29) is 22.6 Å². The summed E-state index contributed by atoms with van der Waals surface area (Å²) < 4.78 is 4.94. The number of carbonyl (C=O) groups is 1. The second kappa shape index (κ2) is 6.81. The Hall–Kier alpha value is -1.81. The van der Waals surface area contributed by atoms with Gasteiger partial charge in [0, 0.05) is 0 Å². The van der Waals surface area contributed by atoms with Gasteiger partial charge in [0.1, 0.15) is 22.7 Å². The number of rotatable bonds is 5. The van der Waals surface area contributed by atoms with E-state index in [9.17, 15) is 4.79 Å². The van der Waals surface area contributed by atoms with Gasteiger partial charge in [0.15, 0.2) is 5.16 Å². The van der Waals surface area contributed by atoms with Crippen molar-refractivity contribution in [1.82, 2.24) is 9.97 Å². The number of nitriles is 1. The summed E-state index contributed by atoms with van der Waals surface area (Å²) in [6, 6.07) is 1.88. The highest BCUT2D eigenvalue weighted by molar-refractivity contribution is 8.00. The predicted octanol–water partition coefficient (Wildman–Crippen LogP) is 1.36. The molecule has 1 aromatic rings. The van der Waals surface area contributed by atoms with E-state index >= 15 is 0 Å². The van der Waals surface area contributed by atoms with Crippen LogP contribution in [-0.4, -0.2) is 27.8 Å². The van der Waals surface area contributed by atoms with Crippen LogP contribution in [0, 0.1) is 11.3 Å². The minimum atomic E-state index is -0.364. The van der Waals surface area contributed by atoms with E-state index in [1.165, 1.54) is 18.0 Å². The first-order chi connectivity index (χ1) is 8.62. The van der Waals surface area contributed by atoms with Crippen molar-refractivity contribution in [2.45, 2.75) is 30.7 Å². The maximum atomic E-state index is 11.6. The third-order valence-corrected chi connectivity index (χ3v) is 3.30. The molecule has 1 aromatic heterocycles. The van der Waals surface area contributed by atoms with Gasteiger partial charge in [0.05, 0.1) is 12.8 Å². The third-order valence-electron chi connectivity index (χ3n) is 2.08. The van der Waals surface area contributed by atoms with Crippen molar-refractivity contribution >= 4 is 23.5 Å². The summed E-state index contributed by atoms with van der Waals surface area (Å²) in [4.78, 5) is 19.6. The Morgan fingerprint density at radius 1 is 1.67 bits per heavy atom. The van der Waals surface area contributed by atoms with E-state index < -0.39 is 0 Å². The molecular weight excluding hydrogens is 252 g/mol. The molecule has 0 spiro atoms. The lowest BCUT2D eigenvalue weighted by atomic mass is 10.3. The number of hydrogen-bond donors (Lipinski definition) is 1. The van der Waals surface area contributed by atoms with Crippen LogP contribution in [0.1, 0.15) is 25.8 Å². The molecule has 0 radical (unpaired) electrons. The summed E-state index contributed by atoms with van der Waals surface area (Å²) in [7, 11) is 0. The highest BCUT2D eigenvalue weighted by atomic mass is 32.2. The van der Waals surface area contributed by atoms with Crippen molar-refractivity contribution in [3.05, 3.63) is 11.8 Å². The molecule has 1 heterocycles. The largest absolute Gasteiger partial charge is 0.465 e. The minimum absolute atomic E-state index is 0.119. The lowest BCUT2D eigenvalue weighted by Gasteiger charge is -2.11. The smallest absolute Gasteiger partial charge is 0.319 e. The number of anilines is 1. The molecule has 0 amide bonds. The molecule has 0 aliphatic heterocycles. The minimum Gasteiger partial charge on any atom is -0.465 e. The lowest BCUT2D eigenvalue weighted by Crippen LogP contribution is -2.19. The summed E-state index contributed by atoms with van der Waals surface area (Å²) >= 11 is 1.18. The normalized spacial score (nSPS) is 11.6. The average molecular weight is 266 g/mol. The number of nitrogen functional groups attached to an aromatic ring is 1. The Morgan fingerprint density at radius 3 is 2.89 bits per heavy atom. The van der Waals surface area contributed by atoms with Gasteiger partial charge >= 0.3 is 5.97 Å². The van der Waals surface area contributed by atoms with Gasteiger partial charge in [0.25, 0.3) is 0 Å². The van der Waals surface area contributed by atoms with Crippen LogP contribution in [0.5, 0.6) is 0 Å². The molecule has 0 bridgehead atoms. The van der Waals surface area contributed by atoms with E-state index in [1.807, 2.05) is 13.0 Å². The van der Waals surface area contributed by atoms with Crippen LogP contribution in [0.4, 0.5) is 5.82 Å². The fraction of sp³-hybridized carbons (Fsp3) is 0.455. The number of esters is 1. The monoisotopic (exact) mass is 266 g/mol. The Balaban J connectivity index is 2.80. The van der Waals surface area contributed by atoms with Gasteiger partial charge in [0.2, 0.25) is 0 Å². The van der Waals surface area contributed by atoms with Crippen molar-refractivity contribution in [2.24, 2.45) is 0 Å². The number of nitrogens with two attached hydrogens (primary N) is 1. The van der Waals surface area contributed by atoms with Crippen LogP contribution in [0.3, 0.4) is 0 Å². The number of thioether (sulfide) groups is 1. The number of carbonyl (C=O) groups excluding carboxylic acids is 1. The first-order valence-electron chi connectivity index (χ1n) is 5.48. The van der Waals surface area contributed by atoms with E-state index in [4.69, 9.17) is 15.7 Å². The Labute approximate surface area is 110 Å². The number of nitrogens with zero attached hydrogens (tertiary/aromatic N) is 3. The maximum Gasteiger partial charge on any atom is 0.319 e. The molecule has 0 aliphatic carbocycles. The average Bonchev–Trinajstić information content (AvgIpc) is 2.36. The fourth-order valence-corrected chi connectivity index (χ4v) is 2.03. The summed E-state index contributed by atoms with van der Waals surface area (Å²) in [5, 5.41) is 8.71. The second-order valence-corrected chi connectivity index (χ2v) is 4.50. The van der Waals surface area contributed by atoms with Crippen LogP contribution in [0.15, 0.2) is 11.4 Å². The van der Waals surface area contributed by atoms with Gasteiger partial charge in [-0.2, -0.15) is 5.26 Å². The zero-order chi connectivity index (χ0) is 13.5. The third kappa shape index (κ3) is 3.60. The highest BCUT2D eigenvalue weighted by Crippen LogP contribution is 2.24. The first-order valence-corrected chi connectivity index (χ1v) is 6.36. The summed E-state index contributed by atoms with van der Waals surface area (Å²) in [5.41, 5.74) is 5.81. The van der Waals surface area contributed by atoms with E-state index in [0.29, 0.717) is 18.2 Å². The van der Waals surface area contributed by atoms with Crippen LogP contribution < -0.4 is 5.73 Å². The molecule has 0 saturated heterocycles. The van der Waals surface area contributed by atoms with Gasteiger partial charge in [-0.25, -0.2) is 9.97 Å². The predicted molar refractivity (Wildman–Crippen MR) is 67.7 cm³/mol. The van der Waals surface area contributed by atoms with Crippen molar-refractivity contribution < 1.29 is 9.53 Å². The Morgan fingerprint density at radius 2 is 2.39 bits per heavy atom. The van der Waals surface area contributed by atoms with Crippen molar-refractivity contribution in [3.8, 4) is 6.07 Å². The molecule has 96 valence electrons. The van der Waals surface area contributed by atoms with Crippen LogP contribution in [-0.2, 0) is 9.53 Å². The molecule has 0 aromatic carbocycles. The van der Waals surface area contributed by atoms with E-state index in [2.05, 4.69) is 9.97 Å². The first kappa shape index (κ1) is 14.3. The van der Waals surface area contributed by atoms with Crippen LogP contribution in [0.25, 0.3) is 0 Å². The number of hydrogen-bond acceptors (Lipinski definition) is 7. The molecule has 2 N–H and O–H groups in total. The SMILES string of the molecule is CCOC(=O)[C@@H](CC)Sc1ncc(C#N)c(N)n1. The van der Waals surface area contributed by atoms with Gasteiger partial charge < -0.3 is 10.5 Å². The van der Waals surface area contributed by atoms with E-state index in [0.717, 1.165) is 0 Å². The number of aromatic nitrogens is 2. The van der Waals surface area contributed by atoms with E-state index in [1.54, 1.807) is 6.92 Å². The molecular formula is C11H14N4O2S. The molecule has 0 unspecified atom stereocenters. The molecule has 7 heteroatoms. The molecule has 18 heavy (non-hydrogen) atoms. The zero-order valence-corrected chi connectivity index (χ0v) is 11.0. The van der Waals surface area contributed by atoms with Crippen molar-refractivity contribution in [2.75, 3.05) is 12.3 Å². The lowest BCUT2D eigenvalue weighted by molar-refractivity contribution is -0.142. The van der Waals surface area contributed by atoms with Gasteiger partial charge in [-0.15, -0.1) is 0 Å². The summed E-state index contributed by atoms with van der Waals surface area (Å²) in [6.07, 6.45) is 1.95. The maximum absolute atomic E-state index is 11.6. The Bertz CT molecular complexity index is 473. The van der Waals surface area contributed by atoms with Crippen molar-refractivity contribution in [1.29, 1.82) is 5.26 Å². The highest BCUT2D eigenvalue weighted by Gasteiger charge is 2.20. The van der Waals surface area contributed by atoms with Gasteiger partial charge in [-0.05, 0) is 13.3 Å². The molecule has 6 nitrogen and oxygen atoms in total. The van der Waals surface area contributed by atoms with Crippen LogP contribution in [0.2, 0.25) is 0 Å². The molecule has 0 aliphatic rings. The van der Waals surface area contributed by atoms with Crippen molar-refractivity contribution in [3.63, 3.8) is 0 Å². The standard InChI is InChI=1S/C11H14N4O2S/c1-3-8(10(16)17-4-2)18-11-14-6-7(5-12)9(13)15-11/h6,8H,3-4H2,1-2H3,(H2,13,14,15)/t8-/m1/s1. The topological polar surface area (TPSA) is 102 Å². The molecule has 0 saturated carbocycles.